The second kappa shape index (κ2) is 7.05. The van der Waals surface area contributed by atoms with Gasteiger partial charge in [-0.3, -0.25) is 4.79 Å². The van der Waals surface area contributed by atoms with Gasteiger partial charge in [0.1, 0.15) is 5.82 Å². The van der Waals surface area contributed by atoms with E-state index >= 15 is 0 Å². The first-order chi connectivity index (χ1) is 11.2. The van der Waals surface area contributed by atoms with Crippen LogP contribution in [0.1, 0.15) is 24.0 Å². The van der Waals surface area contributed by atoms with Gasteiger partial charge in [-0.05, 0) is 49.1 Å². The van der Waals surface area contributed by atoms with Crippen LogP contribution >= 0.6 is 0 Å². The molecule has 2 aromatic rings. The Kier molecular flexibility index (Phi) is 4.66. The lowest BCUT2D eigenvalue weighted by atomic mass is 9.90. The molecule has 0 atom stereocenters. The summed E-state index contributed by atoms with van der Waals surface area (Å²) in [7, 11) is 0. The summed E-state index contributed by atoms with van der Waals surface area (Å²) in [6.07, 6.45) is 2.96. The SMILES string of the molecule is O=C(CNc1ccc(F)cc1)NN=C1CCCc2ccccc21. The molecule has 0 unspecified atom stereocenters. The predicted molar refractivity (Wildman–Crippen MR) is 88.9 cm³/mol. The number of hydrazone groups is 1. The molecule has 0 aliphatic heterocycles. The van der Waals surface area contributed by atoms with E-state index in [9.17, 15) is 9.18 Å². The van der Waals surface area contributed by atoms with Crippen LogP contribution in [0, 0.1) is 5.82 Å². The molecule has 0 radical (unpaired) electrons. The summed E-state index contributed by atoms with van der Waals surface area (Å²) in [6, 6.07) is 14.0. The van der Waals surface area contributed by atoms with E-state index in [1.807, 2.05) is 18.2 Å². The highest BCUT2D eigenvalue weighted by Crippen LogP contribution is 2.21. The normalized spacial score (nSPS) is 15.1. The van der Waals surface area contributed by atoms with E-state index in [4.69, 9.17) is 0 Å². The number of halogens is 1. The minimum absolute atomic E-state index is 0.0874. The number of nitrogens with zero attached hydrogens (tertiary/aromatic N) is 1. The van der Waals surface area contributed by atoms with Crippen molar-refractivity contribution in [1.82, 2.24) is 5.43 Å². The lowest BCUT2D eigenvalue weighted by molar-refractivity contribution is -0.119. The van der Waals surface area contributed by atoms with Gasteiger partial charge in [0.15, 0.2) is 0 Å². The molecule has 0 saturated heterocycles. The van der Waals surface area contributed by atoms with Gasteiger partial charge in [0, 0.05) is 11.3 Å². The molecule has 1 amide bonds. The van der Waals surface area contributed by atoms with Gasteiger partial charge in [-0.1, -0.05) is 24.3 Å². The van der Waals surface area contributed by atoms with Crippen molar-refractivity contribution in [3.05, 3.63) is 65.5 Å². The van der Waals surface area contributed by atoms with Crippen LogP contribution in [0.25, 0.3) is 0 Å². The third-order valence-corrected chi connectivity index (χ3v) is 3.80. The third kappa shape index (κ3) is 3.94. The Morgan fingerprint density at radius 2 is 1.87 bits per heavy atom. The Hall–Kier alpha value is -2.69. The molecule has 118 valence electrons. The highest BCUT2D eigenvalue weighted by atomic mass is 19.1. The summed E-state index contributed by atoms with van der Waals surface area (Å²) in [4.78, 5) is 11.9. The van der Waals surface area contributed by atoms with Crippen LogP contribution in [0.15, 0.2) is 53.6 Å². The zero-order valence-electron chi connectivity index (χ0n) is 12.7. The molecule has 2 N–H and O–H groups in total. The molecule has 0 fully saturated rings. The fourth-order valence-corrected chi connectivity index (χ4v) is 2.64. The van der Waals surface area contributed by atoms with Crippen molar-refractivity contribution in [1.29, 1.82) is 0 Å². The molecule has 3 rings (SSSR count). The number of anilines is 1. The minimum Gasteiger partial charge on any atom is -0.376 e. The van der Waals surface area contributed by atoms with E-state index < -0.39 is 0 Å². The summed E-state index contributed by atoms with van der Waals surface area (Å²) in [6.45, 7) is 0.0874. The Morgan fingerprint density at radius 3 is 2.70 bits per heavy atom. The zero-order chi connectivity index (χ0) is 16.1. The molecular formula is C18H18FN3O. The number of hydrogen-bond acceptors (Lipinski definition) is 3. The first-order valence-electron chi connectivity index (χ1n) is 7.65. The minimum atomic E-state index is -0.303. The third-order valence-electron chi connectivity index (χ3n) is 3.80. The second-order valence-electron chi connectivity index (χ2n) is 5.46. The van der Waals surface area contributed by atoms with E-state index in [1.54, 1.807) is 12.1 Å². The topological polar surface area (TPSA) is 53.5 Å². The lowest BCUT2D eigenvalue weighted by Crippen LogP contribution is -2.27. The average Bonchev–Trinajstić information content (AvgIpc) is 2.59. The average molecular weight is 311 g/mol. The Morgan fingerprint density at radius 1 is 1.09 bits per heavy atom. The number of benzene rings is 2. The lowest BCUT2D eigenvalue weighted by Gasteiger charge is -2.17. The molecule has 1 aliphatic carbocycles. The van der Waals surface area contributed by atoms with E-state index in [0.717, 1.165) is 30.5 Å². The smallest absolute Gasteiger partial charge is 0.259 e. The summed E-state index contributed by atoms with van der Waals surface area (Å²) >= 11 is 0. The number of fused-ring (bicyclic) bond motifs is 1. The maximum atomic E-state index is 12.8. The fraction of sp³-hybridized carbons (Fsp3) is 0.222. The highest BCUT2D eigenvalue weighted by molar-refractivity contribution is 6.03. The van der Waals surface area contributed by atoms with Crippen molar-refractivity contribution in [3.63, 3.8) is 0 Å². The van der Waals surface area contributed by atoms with Crippen molar-refractivity contribution < 1.29 is 9.18 Å². The Balaban J connectivity index is 1.57. The quantitative estimate of drug-likeness (QED) is 0.853. The summed E-state index contributed by atoms with van der Waals surface area (Å²) in [5, 5.41) is 7.20. The number of hydrogen-bond donors (Lipinski definition) is 2. The zero-order valence-corrected chi connectivity index (χ0v) is 12.7. The van der Waals surface area contributed by atoms with Crippen molar-refractivity contribution >= 4 is 17.3 Å². The molecule has 23 heavy (non-hydrogen) atoms. The standard InChI is InChI=1S/C18H18FN3O/c19-14-8-10-15(11-9-14)20-12-18(23)22-21-17-7-3-5-13-4-1-2-6-16(13)17/h1-2,4,6,8-11,20H,3,5,7,12H2,(H,22,23). The fourth-order valence-electron chi connectivity index (χ4n) is 2.64. The van der Waals surface area contributed by atoms with Crippen LogP contribution in [-0.2, 0) is 11.2 Å². The van der Waals surface area contributed by atoms with Crippen molar-refractivity contribution in [2.45, 2.75) is 19.3 Å². The van der Waals surface area contributed by atoms with Crippen LogP contribution in [0.5, 0.6) is 0 Å². The van der Waals surface area contributed by atoms with E-state index in [0.29, 0.717) is 5.69 Å². The summed E-state index contributed by atoms with van der Waals surface area (Å²) < 4.78 is 12.8. The number of aryl methyl sites for hydroxylation is 1. The van der Waals surface area contributed by atoms with E-state index in [-0.39, 0.29) is 18.3 Å². The molecule has 0 bridgehead atoms. The maximum absolute atomic E-state index is 12.8. The van der Waals surface area contributed by atoms with Gasteiger partial charge in [-0.15, -0.1) is 0 Å². The van der Waals surface area contributed by atoms with Crippen LogP contribution in [-0.4, -0.2) is 18.2 Å². The first-order valence-corrected chi connectivity index (χ1v) is 7.65. The number of carbonyl (C=O) groups excluding carboxylic acids is 1. The van der Waals surface area contributed by atoms with Crippen molar-refractivity contribution in [3.8, 4) is 0 Å². The van der Waals surface area contributed by atoms with Crippen LogP contribution < -0.4 is 10.7 Å². The van der Waals surface area contributed by atoms with Crippen molar-refractivity contribution in [2.24, 2.45) is 5.10 Å². The van der Waals surface area contributed by atoms with Gasteiger partial charge < -0.3 is 5.32 Å². The number of carbonyl (C=O) groups is 1. The Bertz CT molecular complexity index is 725. The molecule has 2 aromatic carbocycles. The largest absolute Gasteiger partial charge is 0.376 e. The molecule has 1 aliphatic rings. The Labute approximate surface area is 134 Å². The monoisotopic (exact) mass is 311 g/mol. The van der Waals surface area contributed by atoms with Crippen LogP contribution in [0.3, 0.4) is 0 Å². The van der Waals surface area contributed by atoms with Gasteiger partial charge in [0.25, 0.3) is 5.91 Å². The van der Waals surface area contributed by atoms with E-state index in [1.165, 1.54) is 17.7 Å². The molecule has 0 heterocycles. The molecule has 0 saturated carbocycles. The van der Waals surface area contributed by atoms with Crippen LogP contribution in [0.4, 0.5) is 10.1 Å². The summed E-state index contributed by atoms with van der Waals surface area (Å²) in [5.41, 5.74) is 6.59. The number of amides is 1. The highest BCUT2D eigenvalue weighted by Gasteiger charge is 2.15. The van der Waals surface area contributed by atoms with E-state index in [2.05, 4.69) is 21.9 Å². The summed E-state index contributed by atoms with van der Waals surface area (Å²) in [5.74, 6) is -0.535. The van der Waals surface area contributed by atoms with Crippen molar-refractivity contribution in [2.75, 3.05) is 11.9 Å². The van der Waals surface area contributed by atoms with Crippen LogP contribution in [0.2, 0.25) is 0 Å². The maximum Gasteiger partial charge on any atom is 0.259 e. The molecule has 4 nitrogen and oxygen atoms in total. The number of rotatable bonds is 4. The predicted octanol–water partition coefficient (Wildman–Crippen LogP) is 3.09. The molecular weight excluding hydrogens is 293 g/mol. The van der Waals surface area contributed by atoms with Gasteiger partial charge in [-0.2, -0.15) is 5.10 Å². The van der Waals surface area contributed by atoms with Gasteiger partial charge >= 0.3 is 0 Å². The molecule has 5 heteroatoms. The number of nitrogens with one attached hydrogen (secondary N) is 2. The molecule has 0 spiro atoms. The first kappa shape index (κ1) is 15.2. The van der Waals surface area contributed by atoms with Gasteiger partial charge in [-0.25, -0.2) is 9.82 Å². The van der Waals surface area contributed by atoms with Gasteiger partial charge in [0.05, 0.1) is 12.3 Å². The van der Waals surface area contributed by atoms with Gasteiger partial charge in [0.2, 0.25) is 0 Å². The molecule has 0 aromatic heterocycles. The second-order valence-corrected chi connectivity index (χ2v) is 5.46.